The number of hydrogen-bond acceptors (Lipinski definition) is 11. The lowest BCUT2D eigenvalue weighted by molar-refractivity contribution is -0.103. The van der Waals surface area contributed by atoms with Crippen molar-refractivity contribution >= 4 is 31.7 Å². The summed E-state index contributed by atoms with van der Waals surface area (Å²) in [5.74, 6) is 10.7. The highest BCUT2D eigenvalue weighted by Crippen LogP contribution is 2.46. The minimum Gasteiger partial charge on any atom is -0.465 e. The molecule has 2 aliphatic rings. The van der Waals surface area contributed by atoms with E-state index in [9.17, 15) is 18.9 Å². The van der Waals surface area contributed by atoms with Crippen LogP contribution >= 0.6 is 7.37 Å². The van der Waals surface area contributed by atoms with E-state index in [0.29, 0.717) is 30.2 Å². The van der Waals surface area contributed by atoms with E-state index in [1.165, 1.54) is 25.3 Å². The Kier molecular flexibility index (Phi) is 20.9. The Bertz CT molecular complexity index is 2170. The van der Waals surface area contributed by atoms with Crippen molar-refractivity contribution in [3.8, 4) is 23.7 Å². The van der Waals surface area contributed by atoms with Crippen molar-refractivity contribution in [3.63, 3.8) is 0 Å². The van der Waals surface area contributed by atoms with E-state index in [4.69, 9.17) is 14.0 Å². The van der Waals surface area contributed by atoms with Crippen LogP contribution in [0.4, 0.5) is 0 Å². The molecule has 0 bridgehead atoms. The molecule has 0 radical (unpaired) electrons. The summed E-state index contributed by atoms with van der Waals surface area (Å²) in [6.45, 7) is 13.0. The van der Waals surface area contributed by atoms with E-state index < -0.39 is 7.37 Å². The van der Waals surface area contributed by atoms with Gasteiger partial charge in [-0.1, -0.05) is 66.3 Å². The molecule has 0 amide bonds. The van der Waals surface area contributed by atoms with Gasteiger partial charge in [-0.15, -0.1) is 0 Å². The zero-order valence-corrected chi connectivity index (χ0v) is 36.4. The minimum atomic E-state index is -2.58. The highest BCUT2D eigenvalue weighted by molar-refractivity contribution is 7.57. The van der Waals surface area contributed by atoms with Crippen LogP contribution in [0.25, 0.3) is 6.08 Å². The molecular weight excluding hydrogens is 792 g/mol. The van der Waals surface area contributed by atoms with Gasteiger partial charge in [0.2, 0.25) is 7.37 Å². The normalized spacial score (nSPS) is 14.8. The fourth-order valence-electron chi connectivity index (χ4n) is 6.16. The Morgan fingerprint density at radius 1 is 0.656 bits per heavy atom. The summed E-state index contributed by atoms with van der Waals surface area (Å²) in [5.41, 5.74) is 7.33. The Morgan fingerprint density at radius 3 is 1.51 bits per heavy atom. The van der Waals surface area contributed by atoms with Crippen LogP contribution in [0.5, 0.6) is 0 Å². The van der Waals surface area contributed by atoms with Crippen molar-refractivity contribution in [3.05, 3.63) is 148 Å². The molecular formula is C49H55N2O9P. The number of allylic oxidation sites excluding steroid dienone is 1. The lowest BCUT2D eigenvalue weighted by Gasteiger charge is -2.26. The third-order valence-corrected chi connectivity index (χ3v) is 11.1. The number of benzene rings is 4. The highest BCUT2D eigenvalue weighted by Gasteiger charge is 2.16. The fourth-order valence-corrected chi connectivity index (χ4v) is 7.67. The van der Waals surface area contributed by atoms with Gasteiger partial charge < -0.3 is 23.5 Å². The molecule has 12 heteroatoms. The number of carbonyl (C=O) groups is 3. The summed E-state index contributed by atoms with van der Waals surface area (Å²) in [7, 11) is 0.138. The number of hydrogen-bond donors (Lipinski definition) is 0. The van der Waals surface area contributed by atoms with Gasteiger partial charge in [0.05, 0.1) is 58.4 Å². The molecule has 0 aliphatic carbocycles. The summed E-state index contributed by atoms with van der Waals surface area (Å²) < 4.78 is 37.1. The predicted molar refractivity (Wildman–Crippen MR) is 238 cm³/mol. The first-order chi connectivity index (χ1) is 29.6. The number of esters is 2. The van der Waals surface area contributed by atoms with Gasteiger partial charge in [-0.25, -0.2) is 9.59 Å². The quantitative estimate of drug-likeness (QED) is 0.0652. The molecule has 2 heterocycles. The van der Waals surface area contributed by atoms with Gasteiger partial charge in [-0.2, -0.15) is 0 Å². The molecule has 4 aromatic rings. The second-order valence-electron chi connectivity index (χ2n) is 14.1. The van der Waals surface area contributed by atoms with Crippen LogP contribution in [-0.4, -0.2) is 108 Å². The Morgan fingerprint density at radius 2 is 1.08 bits per heavy atom. The number of ether oxygens (including phenoxy) is 4. The van der Waals surface area contributed by atoms with E-state index >= 15 is 0 Å². The van der Waals surface area contributed by atoms with Crippen molar-refractivity contribution < 1.29 is 42.4 Å². The van der Waals surface area contributed by atoms with Gasteiger partial charge in [0.25, 0.3) is 0 Å². The van der Waals surface area contributed by atoms with Crippen molar-refractivity contribution in [1.82, 2.24) is 9.80 Å². The standard InChI is InChI=1S/C23H23NO3.C14H15NO2.C12H17O4P/c1-26-23(25)22-12-10-20(11-13-22)5-3-2-4-19-6-8-21(9-7-19)18-24-14-16-27-17-15-24;16-9-1-2-13-3-5-14(6-4-13)12-15-7-10-17-11-8-15;1-4-16-17(3,14)9-10-5-7-11(8-6-10)12(13)15-2/h3,5-13H,14-18H2,1H3;3-6,9H,7-8,10-12H2;5-8H,4,9H2,1-3H3. The maximum atomic E-state index is 11.9. The summed E-state index contributed by atoms with van der Waals surface area (Å²) in [5, 5.41) is 0. The Hall–Kier alpha value is -5.62. The molecule has 2 fully saturated rings. The maximum absolute atomic E-state index is 11.9. The lowest BCUT2D eigenvalue weighted by atomic mass is 10.1. The lowest BCUT2D eigenvalue weighted by Crippen LogP contribution is -2.35. The molecule has 0 spiro atoms. The molecule has 0 aromatic heterocycles. The molecule has 1 atom stereocenters. The first-order valence-electron chi connectivity index (χ1n) is 20.1. The van der Waals surface area contributed by atoms with Gasteiger partial charge in [0.15, 0.2) is 6.29 Å². The van der Waals surface area contributed by atoms with Crippen LogP contribution in [0.15, 0.2) is 103 Å². The topological polar surface area (TPSA) is 121 Å². The van der Waals surface area contributed by atoms with E-state index in [-0.39, 0.29) is 11.9 Å². The van der Waals surface area contributed by atoms with Crippen molar-refractivity contribution in [2.45, 2.75) is 26.2 Å². The van der Waals surface area contributed by atoms with Crippen molar-refractivity contribution in [1.29, 1.82) is 0 Å². The molecule has 2 aliphatic heterocycles. The van der Waals surface area contributed by atoms with Crippen molar-refractivity contribution in [2.75, 3.05) is 80.1 Å². The Balaban J connectivity index is 0.000000211. The van der Waals surface area contributed by atoms with Crippen molar-refractivity contribution in [2.24, 2.45) is 0 Å². The number of methoxy groups -OCH3 is 2. The number of carbonyl (C=O) groups excluding carboxylic acids is 3. The molecule has 0 N–H and O–H groups in total. The molecule has 11 nitrogen and oxygen atoms in total. The second kappa shape index (κ2) is 26.6. The number of morpholine rings is 2. The molecule has 6 rings (SSSR count). The van der Waals surface area contributed by atoms with E-state index in [1.54, 1.807) is 43.1 Å². The smallest absolute Gasteiger partial charge is 0.337 e. The van der Waals surface area contributed by atoms with Gasteiger partial charge in [-0.05, 0) is 95.8 Å². The third-order valence-electron chi connectivity index (χ3n) is 9.36. The Labute approximate surface area is 360 Å². The summed E-state index contributed by atoms with van der Waals surface area (Å²) in [4.78, 5) is 37.5. The summed E-state index contributed by atoms with van der Waals surface area (Å²) >= 11 is 0. The molecule has 61 heavy (non-hydrogen) atoms. The van der Waals surface area contributed by atoms with Crippen LogP contribution in [0.1, 0.15) is 61.0 Å². The van der Waals surface area contributed by atoms with Gasteiger partial charge >= 0.3 is 11.9 Å². The second-order valence-corrected chi connectivity index (χ2v) is 16.7. The van der Waals surface area contributed by atoms with Gasteiger partial charge in [-0.3, -0.25) is 19.2 Å². The van der Waals surface area contributed by atoms with E-state index in [0.717, 1.165) is 87.9 Å². The van der Waals surface area contributed by atoms with Crippen LogP contribution in [0, 0.1) is 23.7 Å². The molecule has 0 saturated carbocycles. The van der Waals surface area contributed by atoms with Gasteiger partial charge in [0.1, 0.15) is 0 Å². The number of aldehydes is 1. The molecule has 1 unspecified atom stereocenters. The van der Waals surface area contributed by atoms with Gasteiger partial charge in [0, 0.05) is 63.2 Å². The summed E-state index contributed by atoms with van der Waals surface area (Å²) in [6.07, 6.45) is 4.72. The average Bonchev–Trinajstić information content (AvgIpc) is 3.29. The third kappa shape index (κ3) is 18.3. The molecule has 2 saturated heterocycles. The molecule has 4 aromatic carbocycles. The fraction of sp³-hybridized carbons (Fsp3) is 0.327. The minimum absolute atomic E-state index is 0.331. The number of nitrogens with zero attached hydrogens (tertiary/aromatic N) is 2. The highest BCUT2D eigenvalue weighted by atomic mass is 31.2. The molecule has 320 valence electrons. The van der Waals surface area contributed by atoms with Crippen LogP contribution in [-0.2, 0) is 52.1 Å². The van der Waals surface area contributed by atoms with Crippen LogP contribution in [0.3, 0.4) is 0 Å². The van der Waals surface area contributed by atoms with Crippen LogP contribution in [0.2, 0.25) is 0 Å². The van der Waals surface area contributed by atoms with Crippen LogP contribution < -0.4 is 0 Å². The number of rotatable bonds is 11. The largest absolute Gasteiger partial charge is 0.465 e. The SMILES string of the molecule is CCOP(C)(=O)Cc1ccc(C(=O)OC)cc1.COC(=O)c1ccc(C=CC#Cc2ccc(CN3CCOCC3)cc2)cc1.O=CC#Cc1ccc(CN2CCOCC2)cc1. The average molecular weight is 847 g/mol. The first kappa shape index (κ1) is 48.1. The maximum Gasteiger partial charge on any atom is 0.337 e. The van der Waals surface area contributed by atoms with E-state index in [2.05, 4.69) is 79.4 Å². The monoisotopic (exact) mass is 846 g/mol. The summed E-state index contributed by atoms with van der Waals surface area (Å²) in [6, 6.07) is 30.5. The zero-order valence-electron chi connectivity index (χ0n) is 35.5. The zero-order chi connectivity index (χ0) is 43.7. The van der Waals surface area contributed by atoms with E-state index in [1.807, 2.05) is 43.3 Å². The predicted octanol–water partition coefficient (Wildman–Crippen LogP) is 7.36. The first-order valence-corrected chi connectivity index (χ1v) is 22.3.